The van der Waals surface area contributed by atoms with Gasteiger partial charge in [-0.15, -0.1) is 0 Å². The lowest BCUT2D eigenvalue weighted by Crippen LogP contribution is -2.39. The van der Waals surface area contributed by atoms with Crippen molar-refractivity contribution in [3.8, 4) is 0 Å². The van der Waals surface area contributed by atoms with Gasteiger partial charge in [0.05, 0.1) is 0 Å². The highest BCUT2D eigenvalue weighted by molar-refractivity contribution is 7.26. The highest BCUT2D eigenvalue weighted by Crippen LogP contribution is 2.21. The zero-order valence-electron chi connectivity index (χ0n) is 20.1. The van der Waals surface area contributed by atoms with Gasteiger partial charge in [-0.1, -0.05) is 146 Å². The van der Waals surface area contributed by atoms with E-state index in [9.17, 15) is 0 Å². The highest BCUT2D eigenvalue weighted by Gasteiger charge is 2.26. The number of hydrogen-bond acceptors (Lipinski definition) is 0. The zero-order valence-corrected chi connectivity index (χ0v) is 21.9. The summed E-state index contributed by atoms with van der Waals surface area (Å²) in [6, 6.07) is 8.10. The fourth-order valence-corrected chi connectivity index (χ4v) is 7.41. The first kappa shape index (κ1) is 26.8. The second kappa shape index (κ2) is 16.4. The quantitative estimate of drug-likeness (QED) is 0.122. The molecule has 0 aromatic heterocycles. The highest BCUT2D eigenvalue weighted by atomic mass is 35.6. The Morgan fingerprint density at radius 2 is 0.931 bits per heavy atom. The maximum Gasteiger partial charge on any atom is 0.183 e. The van der Waals surface area contributed by atoms with Gasteiger partial charge in [0.15, 0.2) is 7.38 Å². The van der Waals surface area contributed by atoms with Crippen molar-refractivity contribution in [3.05, 3.63) is 29.3 Å². The van der Waals surface area contributed by atoms with Gasteiger partial charge in [0.1, 0.15) is 0 Å². The summed E-state index contributed by atoms with van der Waals surface area (Å²) in [6.45, 7) is 9.00. The Morgan fingerprint density at radius 3 is 1.31 bits per heavy atom. The van der Waals surface area contributed by atoms with E-state index in [0.29, 0.717) is 0 Å². The summed E-state index contributed by atoms with van der Waals surface area (Å²) in [5.74, 6) is 0. The van der Waals surface area contributed by atoms with Gasteiger partial charge >= 0.3 is 0 Å². The lowest BCUT2D eigenvalue weighted by molar-refractivity contribution is 0.531. The molecule has 1 rings (SSSR count). The molecule has 0 saturated heterocycles. The number of benzene rings is 1. The Bertz CT molecular complexity index is 503. The van der Waals surface area contributed by atoms with Crippen LogP contribution in [0.25, 0.3) is 0 Å². The second-order valence-corrected chi connectivity index (χ2v) is 15.6. The Morgan fingerprint density at radius 1 is 0.586 bits per heavy atom. The third-order valence-corrected chi connectivity index (χ3v) is 10.3. The van der Waals surface area contributed by atoms with Gasteiger partial charge in [-0.25, -0.2) is 0 Å². The topological polar surface area (TPSA) is 0 Å². The molecular weight excluding hydrogens is 388 g/mol. The van der Waals surface area contributed by atoms with Crippen LogP contribution < -0.4 is 5.19 Å². The Kier molecular flexibility index (Phi) is 15.2. The van der Waals surface area contributed by atoms with E-state index in [1.165, 1.54) is 125 Å². The van der Waals surface area contributed by atoms with Crippen LogP contribution in [0, 0.1) is 13.8 Å². The van der Waals surface area contributed by atoms with Crippen LogP contribution in [-0.2, 0) is 0 Å². The second-order valence-electron chi connectivity index (χ2n) is 9.63. The zero-order chi connectivity index (χ0) is 21.4. The van der Waals surface area contributed by atoms with Gasteiger partial charge in [-0.3, -0.25) is 0 Å². The molecule has 0 radical (unpaired) electrons. The molecule has 0 bridgehead atoms. The number of unbranched alkanes of at least 4 members (excludes halogenated alkanes) is 15. The summed E-state index contributed by atoms with van der Waals surface area (Å²) in [5, 5.41) is 1.43. The normalized spacial score (nSPS) is 13.6. The van der Waals surface area contributed by atoms with Gasteiger partial charge in [0, 0.05) is 0 Å². The van der Waals surface area contributed by atoms with Crippen LogP contribution >= 0.6 is 11.1 Å². The number of halogens is 1. The molecule has 2 heteroatoms. The lowest BCUT2D eigenvalue weighted by atomic mass is 10.0. The minimum absolute atomic E-state index is 1.22. The first-order valence-electron chi connectivity index (χ1n) is 12.7. The predicted octanol–water partition coefficient (Wildman–Crippen LogP) is 9.59. The lowest BCUT2D eigenvalue weighted by Gasteiger charge is -2.21. The smallest absolute Gasteiger partial charge is 0.161 e. The van der Waals surface area contributed by atoms with E-state index in [1.54, 1.807) is 0 Å². The van der Waals surface area contributed by atoms with Crippen LogP contribution in [0.4, 0.5) is 0 Å². The third kappa shape index (κ3) is 13.6. The molecule has 29 heavy (non-hydrogen) atoms. The fourth-order valence-electron chi connectivity index (χ4n) is 4.43. The summed E-state index contributed by atoms with van der Waals surface area (Å²) in [5.41, 5.74) is 2.71. The molecule has 0 aliphatic carbocycles. The minimum atomic E-state index is -1.78. The van der Waals surface area contributed by atoms with Crippen LogP contribution in [0.1, 0.15) is 121 Å². The van der Waals surface area contributed by atoms with E-state index < -0.39 is 7.38 Å². The molecule has 0 aliphatic heterocycles. The van der Waals surface area contributed by atoms with Crippen LogP contribution in [0.3, 0.4) is 0 Å². The van der Waals surface area contributed by atoms with Crippen molar-refractivity contribution in [1.29, 1.82) is 0 Å². The van der Waals surface area contributed by atoms with Crippen molar-refractivity contribution >= 4 is 23.6 Å². The van der Waals surface area contributed by atoms with Crippen molar-refractivity contribution in [2.24, 2.45) is 0 Å². The molecule has 0 aliphatic rings. The molecule has 1 atom stereocenters. The largest absolute Gasteiger partial charge is 0.183 e. The number of hydrogen-bond donors (Lipinski definition) is 0. The SMILES string of the molecule is CCCCCCCCCCCCCCCCCC[Si](C)(Cl)c1cc(C)cc(C)c1. The summed E-state index contributed by atoms with van der Waals surface area (Å²) in [7, 11) is -1.78. The van der Waals surface area contributed by atoms with Crippen molar-refractivity contribution in [1.82, 2.24) is 0 Å². The van der Waals surface area contributed by atoms with Crippen molar-refractivity contribution in [3.63, 3.8) is 0 Å². The van der Waals surface area contributed by atoms with Crippen LogP contribution in [0.15, 0.2) is 18.2 Å². The first-order chi connectivity index (χ1) is 14.0. The molecule has 0 fully saturated rings. The predicted molar refractivity (Wildman–Crippen MR) is 137 cm³/mol. The van der Waals surface area contributed by atoms with E-state index in [4.69, 9.17) is 11.1 Å². The monoisotopic (exact) mass is 436 g/mol. The standard InChI is InChI=1S/C27H49ClSi/c1-5-6-7-8-9-10-11-12-13-14-15-16-17-18-19-20-21-29(4,28)27-23-25(2)22-26(3)24-27/h22-24H,5-21H2,1-4H3. The maximum atomic E-state index is 7.01. The Balaban J connectivity index is 1.93. The van der Waals surface area contributed by atoms with Gasteiger partial charge in [-0.2, -0.15) is 11.1 Å². The molecule has 0 heterocycles. The van der Waals surface area contributed by atoms with Crippen molar-refractivity contribution < 1.29 is 0 Å². The van der Waals surface area contributed by atoms with E-state index in [0.717, 1.165) is 0 Å². The van der Waals surface area contributed by atoms with Gasteiger partial charge in [0.25, 0.3) is 0 Å². The molecule has 1 aromatic rings. The number of aryl methyl sites for hydroxylation is 2. The summed E-state index contributed by atoms with van der Waals surface area (Å²) < 4.78 is 0. The van der Waals surface area contributed by atoms with Crippen LogP contribution in [0.2, 0.25) is 12.6 Å². The molecule has 0 saturated carbocycles. The first-order valence-corrected chi connectivity index (χ1v) is 16.5. The van der Waals surface area contributed by atoms with Gasteiger partial charge < -0.3 is 0 Å². The van der Waals surface area contributed by atoms with Crippen molar-refractivity contribution in [2.45, 2.75) is 136 Å². The van der Waals surface area contributed by atoms with E-state index >= 15 is 0 Å². The fraction of sp³-hybridized carbons (Fsp3) is 0.778. The molecule has 168 valence electrons. The molecule has 0 N–H and O–H groups in total. The summed E-state index contributed by atoms with van der Waals surface area (Å²) in [6.07, 6.45) is 22.8. The van der Waals surface area contributed by atoms with Gasteiger partial charge in [0.2, 0.25) is 0 Å². The molecule has 1 unspecified atom stereocenters. The van der Waals surface area contributed by atoms with Crippen LogP contribution in [-0.4, -0.2) is 7.38 Å². The Hall–Kier alpha value is -0.273. The molecule has 0 nitrogen and oxygen atoms in total. The number of rotatable bonds is 18. The average molecular weight is 437 g/mol. The minimum Gasteiger partial charge on any atom is -0.161 e. The van der Waals surface area contributed by atoms with Gasteiger partial charge in [-0.05, 0) is 25.1 Å². The molecule has 0 amide bonds. The molecular formula is C27H49ClSi. The average Bonchev–Trinajstić information content (AvgIpc) is 2.67. The summed E-state index contributed by atoms with van der Waals surface area (Å²) in [4.78, 5) is 0. The van der Waals surface area contributed by atoms with Crippen molar-refractivity contribution in [2.75, 3.05) is 0 Å². The van der Waals surface area contributed by atoms with E-state index in [1.807, 2.05) is 0 Å². The van der Waals surface area contributed by atoms with E-state index in [-0.39, 0.29) is 0 Å². The van der Waals surface area contributed by atoms with E-state index in [2.05, 4.69) is 45.5 Å². The molecule has 0 spiro atoms. The molecule has 1 aromatic carbocycles. The van der Waals surface area contributed by atoms with Crippen LogP contribution in [0.5, 0.6) is 0 Å². The Labute approximate surface area is 188 Å². The summed E-state index contributed by atoms with van der Waals surface area (Å²) >= 11 is 7.01. The maximum absolute atomic E-state index is 7.01. The third-order valence-electron chi connectivity index (χ3n) is 6.32.